The molecule has 1 aliphatic carbocycles. The van der Waals surface area contributed by atoms with Crippen LogP contribution in [0.15, 0.2) is 0 Å². The van der Waals surface area contributed by atoms with Crippen molar-refractivity contribution in [1.29, 1.82) is 0 Å². The zero-order chi connectivity index (χ0) is 12.0. The van der Waals surface area contributed by atoms with Crippen molar-refractivity contribution in [2.24, 2.45) is 11.3 Å². The van der Waals surface area contributed by atoms with Gasteiger partial charge in [0.1, 0.15) is 0 Å². The van der Waals surface area contributed by atoms with Crippen molar-refractivity contribution < 1.29 is 14.7 Å². The van der Waals surface area contributed by atoms with Crippen molar-refractivity contribution >= 4 is 11.9 Å². The zero-order valence-corrected chi connectivity index (χ0v) is 9.74. The lowest BCUT2D eigenvalue weighted by Gasteiger charge is -2.20. The van der Waals surface area contributed by atoms with Gasteiger partial charge in [-0.05, 0) is 32.1 Å². The van der Waals surface area contributed by atoms with Crippen molar-refractivity contribution in [1.82, 2.24) is 10.6 Å². The van der Waals surface area contributed by atoms with Gasteiger partial charge in [0.2, 0.25) is 5.91 Å². The summed E-state index contributed by atoms with van der Waals surface area (Å²) in [6.45, 7) is 0.301. The summed E-state index contributed by atoms with van der Waals surface area (Å²) >= 11 is 0. The Morgan fingerprint density at radius 2 is 2.12 bits per heavy atom. The normalized spacial score (nSPS) is 36.8. The van der Waals surface area contributed by atoms with Crippen LogP contribution in [0.4, 0.5) is 0 Å². The molecule has 0 radical (unpaired) electrons. The summed E-state index contributed by atoms with van der Waals surface area (Å²) in [4.78, 5) is 23.0. The van der Waals surface area contributed by atoms with E-state index in [1.807, 2.05) is 0 Å². The minimum absolute atomic E-state index is 0.0391. The minimum atomic E-state index is -0.774. The van der Waals surface area contributed by atoms with Crippen LogP contribution < -0.4 is 10.6 Å². The molecule has 0 aromatic carbocycles. The summed E-state index contributed by atoms with van der Waals surface area (Å²) in [5.74, 6) is -0.681. The quantitative estimate of drug-likeness (QED) is 0.649. The van der Waals surface area contributed by atoms with Crippen LogP contribution in [0.1, 0.15) is 32.1 Å². The topological polar surface area (TPSA) is 78.4 Å². The van der Waals surface area contributed by atoms with Crippen LogP contribution in [0.5, 0.6) is 0 Å². The van der Waals surface area contributed by atoms with Crippen LogP contribution in [0, 0.1) is 11.3 Å². The molecular weight excluding hydrogens is 220 g/mol. The Morgan fingerprint density at radius 3 is 2.59 bits per heavy atom. The summed E-state index contributed by atoms with van der Waals surface area (Å²) in [7, 11) is 0. The first-order valence-electron chi connectivity index (χ1n) is 6.38. The first-order valence-corrected chi connectivity index (χ1v) is 6.38. The molecule has 94 valence electrons. The zero-order valence-electron chi connectivity index (χ0n) is 9.74. The van der Waals surface area contributed by atoms with Gasteiger partial charge < -0.3 is 15.7 Å². The van der Waals surface area contributed by atoms with Crippen LogP contribution in [0.25, 0.3) is 0 Å². The lowest BCUT2D eigenvalue weighted by molar-refractivity contribution is -0.143. The maximum absolute atomic E-state index is 12.0. The maximum atomic E-state index is 12.0. The molecule has 3 unspecified atom stereocenters. The number of carboxylic acids is 1. The Morgan fingerprint density at radius 1 is 1.35 bits per heavy atom. The third-order valence-electron chi connectivity index (χ3n) is 4.55. The van der Waals surface area contributed by atoms with Gasteiger partial charge in [-0.3, -0.25) is 9.59 Å². The summed E-state index contributed by atoms with van der Waals surface area (Å²) in [6, 6.07) is 0.824. The van der Waals surface area contributed by atoms with E-state index in [-0.39, 0.29) is 11.8 Å². The van der Waals surface area contributed by atoms with Crippen LogP contribution in [0.2, 0.25) is 0 Å². The molecule has 3 aliphatic rings. The highest BCUT2D eigenvalue weighted by Gasteiger charge is 2.51. The summed E-state index contributed by atoms with van der Waals surface area (Å²) in [6.07, 6.45) is 4.55. The lowest BCUT2D eigenvalue weighted by Crippen LogP contribution is -2.41. The highest BCUT2D eigenvalue weighted by Crippen LogP contribution is 2.45. The highest BCUT2D eigenvalue weighted by molar-refractivity contribution is 5.82. The van der Waals surface area contributed by atoms with E-state index < -0.39 is 11.4 Å². The highest BCUT2D eigenvalue weighted by atomic mass is 16.4. The van der Waals surface area contributed by atoms with Crippen molar-refractivity contribution in [2.75, 3.05) is 6.54 Å². The van der Waals surface area contributed by atoms with E-state index in [0.29, 0.717) is 31.5 Å². The lowest BCUT2D eigenvalue weighted by atomic mass is 9.88. The average Bonchev–Trinajstić information content (AvgIpc) is 2.81. The van der Waals surface area contributed by atoms with Crippen LogP contribution in [-0.4, -0.2) is 35.6 Å². The third-order valence-corrected chi connectivity index (χ3v) is 4.55. The predicted octanol–water partition coefficient (Wildman–Crippen LogP) is 0.108. The van der Waals surface area contributed by atoms with Gasteiger partial charge in [-0.15, -0.1) is 0 Å². The number of nitrogens with one attached hydrogen (secondary N) is 2. The fourth-order valence-corrected chi connectivity index (χ4v) is 3.12. The van der Waals surface area contributed by atoms with E-state index in [4.69, 9.17) is 5.11 Å². The molecule has 0 aromatic rings. The Balaban J connectivity index is 1.53. The maximum Gasteiger partial charge on any atom is 0.311 e. The SMILES string of the molecule is O=C(NCC1(C(=O)O)CC1)C1CC2CCC1N2. The molecule has 1 amide bonds. The number of amides is 1. The number of aliphatic carboxylic acids is 1. The van der Waals surface area contributed by atoms with E-state index in [2.05, 4.69) is 10.6 Å². The van der Waals surface area contributed by atoms with Gasteiger partial charge in [-0.2, -0.15) is 0 Å². The fourth-order valence-electron chi connectivity index (χ4n) is 3.12. The standard InChI is InChI=1S/C12H18N2O3/c15-10(8-5-7-1-2-9(8)14-7)13-6-12(3-4-12)11(16)17/h7-9,14H,1-6H2,(H,13,15)(H,16,17). The molecule has 5 nitrogen and oxygen atoms in total. The monoisotopic (exact) mass is 238 g/mol. The molecule has 0 aromatic heterocycles. The number of carboxylic acid groups (broad SMARTS) is 1. The number of rotatable bonds is 4. The summed E-state index contributed by atoms with van der Waals surface area (Å²) < 4.78 is 0. The van der Waals surface area contributed by atoms with Crippen LogP contribution in [-0.2, 0) is 9.59 Å². The van der Waals surface area contributed by atoms with Crippen LogP contribution in [0.3, 0.4) is 0 Å². The third kappa shape index (κ3) is 1.82. The van der Waals surface area contributed by atoms with Crippen molar-refractivity contribution in [3.8, 4) is 0 Å². The Labute approximate surface area is 100.0 Å². The Hall–Kier alpha value is -1.10. The first kappa shape index (κ1) is 11.0. The molecule has 2 heterocycles. The first-order chi connectivity index (χ1) is 8.11. The van der Waals surface area contributed by atoms with Crippen molar-refractivity contribution in [3.05, 3.63) is 0 Å². The number of hydrogen-bond acceptors (Lipinski definition) is 3. The van der Waals surface area contributed by atoms with Gasteiger partial charge in [-0.25, -0.2) is 0 Å². The summed E-state index contributed by atoms with van der Waals surface area (Å²) in [5, 5.41) is 15.3. The van der Waals surface area contributed by atoms with E-state index in [1.54, 1.807) is 0 Å². The Bertz CT molecular complexity index is 365. The molecule has 3 N–H and O–H groups in total. The second kappa shape index (κ2) is 3.70. The number of carbonyl (C=O) groups excluding carboxylic acids is 1. The average molecular weight is 238 g/mol. The molecule has 1 saturated carbocycles. The second-order valence-electron chi connectivity index (χ2n) is 5.69. The molecule has 3 fully saturated rings. The van der Waals surface area contributed by atoms with Gasteiger partial charge in [0, 0.05) is 18.6 Å². The minimum Gasteiger partial charge on any atom is -0.481 e. The number of carbonyl (C=O) groups is 2. The van der Waals surface area contributed by atoms with Crippen molar-refractivity contribution in [2.45, 2.75) is 44.2 Å². The fraction of sp³-hybridized carbons (Fsp3) is 0.833. The number of hydrogen-bond donors (Lipinski definition) is 3. The molecule has 2 saturated heterocycles. The smallest absolute Gasteiger partial charge is 0.311 e. The molecular formula is C12H18N2O3. The van der Waals surface area contributed by atoms with Gasteiger partial charge in [0.25, 0.3) is 0 Å². The van der Waals surface area contributed by atoms with E-state index in [0.717, 1.165) is 12.8 Å². The van der Waals surface area contributed by atoms with E-state index >= 15 is 0 Å². The van der Waals surface area contributed by atoms with Gasteiger partial charge >= 0.3 is 5.97 Å². The molecule has 3 atom stereocenters. The molecule has 2 bridgehead atoms. The molecule has 0 spiro atoms. The predicted molar refractivity (Wildman–Crippen MR) is 60.4 cm³/mol. The van der Waals surface area contributed by atoms with Crippen molar-refractivity contribution in [3.63, 3.8) is 0 Å². The van der Waals surface area contributed by atoms with E-state index in [9.17, 15) is 9.59 Å². The van der Waals surface area contributed by atoms with Gasteiger partial charge in [0.15, 0.2) is 0 Å². The Kier molecular flexibility index (Phi) is 2.40. The second-order valence-corrected chi connectivity index (χ2v) is 5.69. The number of fused-ring (bicyclic) bond motifs is 2. The molecule has 17 heavy (non-hydrogen) atoms. The van der Waals surface area contributed by atoms with Gasteiger partial charge in [-0.1, -0.05) is 0 Å². The van der Waals surface area contributed by atoms with Gasteiger partial charge in [0.05, 0.1) is 11.3 Å². The summed E-state index contributed by atoms with van der Waals surface area (Å²) in [5.41, 5.74) is -0.652. The van der Waals surface area contributed by atoms with Crippen LogP contribution >= 0.6 is 0 Å². The molecule has 5 heteroatoms. The largest absolute Gasteiger partial charge is 0.481 e. The molecule has 3 rings (SSSR count). The van der Waals surface area contributed by atoms with E-state index in [1.165, 1.54) is 6.42 Å². The molecule has 2 aliphatic heterocycles.